The molecule has 1 unspecified atom stereocenters. The van der Waals surface area contributed by atoms with Crippen LogP contribution < -0.4 is 4.90 Å². The van der Waals surface area contributed by atoms with Gasteiger partial charge in [-0.1, -0.05) is 46.8 Å². The van der Waals surface area contributed by atoms with Gasteiger partial charge in [0.25, 0.3) is 0 Å². The Balaban J connectivity index is 2.21. The zero-order valence-electron chi connectivity index (χ0n) is 15.0. The number of anilines is 1. The fourth-order valence-electron chi connectivity index (χ4n) is 3.71. The van der Waals surface area contributed by atoms with Gasteiger partial charge >= 0.3 is 0 Å². The predicted octanol–water partition coefficient (Wildman–Crippen LogP) is 4.95. The molecule has 1 aliphatic heterocycles. The molecular weight excluding hydrogens is 270 g/mol. The van der Waals surface area contributed by atoms with Crippen LogP contribution in [-0.2, 0) is 6.42 Å². The summed E-state index contributed by atoms with van der Waals surface area (Å²) in [7, 11) is 0. The summed E-state index contributed by atoms with van der Waals surface area (Å²) >= 11 is 0. The van der Waals surface area contributed by atoms with Gasteiger partial charge in [0, 0.05) is 18.3 Å². The van der Waals surface area contributed by atoms with E-state index in [1.165, 1.54) is 24.1 Å². The van der Waals surface area contributed by atoms with E-state index < -0.39 is 0 Å². The largest absolute Gasteiger partial charge is 0.388 e. The Morgan fingerprint density at radius 2 is 1.73 bits per heavy atom. The van der Waals surface area contributed by atoms with Crippen LogP contribution in [0.5, 0.6) is 0 Å². The van der Waals surface area contributed by atoms with Crippen LogP contribution in [0, 0.1) is 11.8 Å². The van der Waals surface area contributed by atoms with Gasteiger partial charge in [0.05, 0.1) is 6.10 Å². The highest BCUT2D eigenvalue weighted by molar-refractivity contribution is 5.60. The Bertz CT molecular complexity index is 471. The molecule has 1 aromatic rings. The third-order valence-electron chi connectivity index (χ3n) is 4.73. The maximum atomic E-state index is 10.1. The van der Waals surface area contributed by atoms with E-state index in [4.69, 9.17) is 0 Å². The number of benzene rings is 1. The van der Waals surface area contributed by atoms with Crippen molar-refractivity contribution in [2.24, 2.45) is 11.8 Å². The number of nitrogens with zero attached hydrogens (tertiary/aromatic N) is 1. The fraction of sp³-hybridized carbons (Fsp3) is 0.700. The van der Waals surface area contributed by atoms with Crippen molar-refractivity contribution in [3.8, 4) is 0 Å². The maximum Gasteiger partial charge on any atom is 0.0787 e. The lowest BCUT2D eigenvalue weighted by atomic mass is 9.94. The van der Waals surface area contributed by atoms with Gasteiger partial charge in [0.2, 0.25) is 0 Å². The fourth-order valence-corrected chi connectivity index (χ4v) is 3.71. The van der Waals surface area contributed by atoms with Crippen molar-refractivity contribution in [1.29, 1.82) is 0 Å². The van der Waals surface area contributed by atoms with Crippen LogP contribution in [-0.4, -0.2) is 17.7 Å². The Hall–Kier alpha value is -1.02. The molecule has 0 aliphatic carbocycles. The van der Waals surface area contributed by atoms with E-state index in [1.807, 2.05) is 6.92 Å². The van der Waals surface area contributed by atoms with Gasteiger partial charge in [0.1, 0.15) is 0 Å². The molecule has 124 valence electrons. The smallest absolute Gasteiger partial charge is 0.0787 e. The molecule has 2 nitrogen and oxygen atoms in total. The van der Waals surface area contributed by atoms with Crippen LogP contribution in [0.25, 0.3) is 0 Å². The SMILES string of the molecule is CCC(O)c1ccc2c(c1)CCN2C(CC(C)C)CC(C)C. The second-order valence-corrected chi connectivity index (χ2v) is 7.67. The molecule has 1 atom stereocenters. The van der Waals surface area contributed by atoms with Crippen molar-refractivity contribution in [2.45, 2.75) is 72.4 Å². The topological polar surface area (TPSA) is 23.5 Å². The first kappa shape index (κ1) is 17.3. The van der Waals surface area contributed by atoms with Crippen LogP contribution in [0.2, 0.25) is 0 Å². The van der Waals surface area contributed by atoms with Gasteiger partial charge < -0.3 is 10.0 Å². The van der Waals surface area contributed by atoms with Crippen molar-refractivity contribution in [1.82, 2.24) is 0 Å². The summed E-state index contributed by atoms with van der Waals surface area (Å²) in [5.74, 6) is 1.46. The second kappa shape index (κ2) is 7.50. The number of aliphatic hydroxyl groups is 1. The lowest BCUT2D eigenvalue weighted by molar-refractivity contribution is 0.173. The molecular formula is C20H33NO. The second-order valence-electron chi connectivity index (χ2n) is 7.67. The predicted molar refractivity (Wildman–Crippen MR) is 95.4 cm³/mol. The minimum absolute atomic E-state index is 0.318. The maximum absolute atomic E-state index is 10.1. The molecule has 0 saturated carbocycles. The van der Waals surface area contributed by atoms with Gasteiger partial charge in [-0.2, -0.15) is 0 Å². The van der Waals surface area contributed by atoms with E-state index in [0.29, 0.717) is 6.04 Å². The molecule has 0 spiro atoms. The first-order chi connectivity index (χ1) is 10.4. The number of fused-ring (bicyclic) bond motifs is 1. The van der Waals surface area contributed by atoms with Crippen molar-refractivity contribution in [3.05, 3.63) is 29.3 Å². The van der Waals surface area contributed by atoms with E-state index >= 15 is 0 Å². The molecule has 1 N–H and O–H groups in total. The van der Waals surface area contributed by atoms with Crippen LogP contribution in [0.15, 0.2) is 18.2 Å². The summed E-state index contributed by atoms with van der Waals surface area (Å²) in [6.45, 7) is 12.5. The molecule has 1 heterocycles. The third-order valence-corrected chi connectivity index (χ3v) is 4.73. The molecule has 2 rings (SSSR count). The summed E-state index contributed by atoms with van der Waals surface area (Å²) < 4.78 is 0. The van der Waals surface area contributed by atoms with Gasteiger partial charge in [-0.3, -0.25) is 0 Å². The molecule has 1 aromatic carbocycles. The van der Waals surface area contributed by atoms with Gasteiger partial charge in [-0.05, 0) is 54.7 Å². The van der Waals surface area contributed by atoms with Crippen LogP contribution in [0.3, 0.4) is 0 Å². The molecule has 1 aliphatic rings. The summed E-state index contributed by atoms with van der Waals surface area (Å²) in [6.07, 6.45) is 4.10. The van der Waals surface area contributed by atoms with Crippen molar-refractivity contribution >= 4 is 5.69 Å². The molecule has 0 aromatic heterocycles. The normalized spacial score (nSPS) is 16.0. The minimum atomic E-state index is -0.318. The molecule has 0 saturated heterocycles. The van der Waals surface area contributed by atoms with Crippen LogP contribution in [0.1, 0.15) is 71.1 Å². The number of hydrogen-bond acceptors (Lipinski definition) is 2. The third kappa shape index (κ3) is 4.04. The van der Waals surface area contributed by atoms with Gasteiger partial charge in [-0.25, -0.2) is 0 Å². The number of aliphatic hydroxyl groups excluding tert-OH is 1. The van der Waals surface area contributed by atoms with Crippen molar-refractivity contribution in [3.63, 3.8) is 0 Å². The van der Waals surface area contributed by atoms with Crippen molar-refractivity contribution < 1.29 is 5.11 Å². The molecule has 0 bridgehead atoms. The standard InChI is InChI=1S/C20H33NO/c1-6-20(22)17-7-8-19-16(13-17)9-10-21(19)18(11-14(2)3)12-15(4)5/h7-8,13-15,18,20,22H,6,9-12H2,1-5H3. The highest BCUT2D eigenvalue weighted by atomic mass is 16.3. The van der Waals surface area contributed by atoms with Gasteiger partial charge in [-0.15, -0.1) is 0 Å². The summed E-state index contributed by atoms with van der Waals surface area (Å²) in [5.41, 5.74) is 3.90. The molecule has 0 radical (unpaired) electrons. The van der Waals surface area contributed by atoms with Gasteiger partial charge in [0.15, 0.2) is 0 Å². The number of rotatable bonds is 7. The molecule has 0 amide bonds. The molecule has 2 heteroatoms. The van der Waals surface area contributed by atoms with Crippen molar-refractivity contribution in [2.75, 3.05) is 11.4 Å². The zero-order chi connectivity index (χ0) is 16.3. The summed E-state index contributed by atoms with van der Waals surface area (Å²) in [6, 6.07) is 7.23. The Kier molecular flexibility index (Phi) is 5.91. The monoisotopic (exact) mass is 303 g/mol. The highest BCUT2D eigenvalue weighted by Crippen LogP contribution is 2.35. The van der Waals surface area contributed by atoms with E-state index in [9.17, 15) is 5.11 Å². The lowest BCUT2D eigenvalue weighted by Gasteiger charge is -2.33. The average Bonchev–Trinajstić information content (AvgIpc) is 2.87. The summed E-state index contributed by atoms with van der Waals surface area (Å²) in [5, 5.41) is 10.1. The Labute approximate surface area is 136 Å². The Morgan fingerprint density at radius 1 is 1.09 bits per heavy atom. The molecule has 0 fully saturated rings. The zero-order valence-corrected chi connectivity index (χ0v) is 15.0. The van der Waals surface area contributed by atoms with E-state index in [2.05, 4.69) is 50.8 Å². The van der Waals surface area contributed by atoms with Crippen LogP contribution in [0.4, 0.5) is 5.69 Å². The quantitative estimate of drug-likeness (QED) is 0.770. The lowest BCUT2D eigenvalue weighted by Crippen LogP contribution is -2.36. The first-order valence-electron chi connectivity index (χ1n) is 8.99. The average molecular weight is 303 g/mol. The molecule has 22 heavy (non-hydrogen) atoms. The van der Waals surface area contributed by atoms with Crippen LogP contribution >= 0.6 is 0 Å². The van der Waals surface area contributed by atoms with E-state index in [0.717, 1.165) is 36.8 Å². The number of hydrogen-bond donors (Lipinski definition) is 1. The minimum Gasteiger partial charge on any atom is -0.388 e. The Morgan fingerprint density at radius 3 is 2.27 bits per heavy atom. The van der Waals surface area contributed by atoms with E-state index in [-0.39, 0.29) is 6.10 Å². The van der Waals surface area contributed by atoms with E-state index in [1.54, 1.807) is 0 Å². The highest BCUT2D eigenvalue weighted by Gasteiger charge is 2.27. The summed E-state index contributed by atoms with van der Waals surface area (Å²) in [4.78, 5) is 2.62. The first-order valence-corrected chi connectivity index (χ1v) is 8.99.